The number of hydrogen-bond donors (Lipinski definition) is 1. The highest BCUT2D eigenvalue weighted by atomic mass is 16.2. The summed E-state index contributed by atoms with van der Waals surface area (Å²) in [5, 5.41) is 3.04. The second-order valence-electron chi connectivity index (χ2n) is 7.42. The van der Waals surface area contributed by atoms with Crippen LogP contribution in [0, 0.1) is 0 Å². The summed E-state index contributed by atoms with van der Waals surface area (Å²) in [5.41, 5.74) is 1.49. The summed E-state index contributed by atoms with van der Waals surface area (Å²) in [4.78, 5) is 38.3. The van der Waals surface area contributed by atoms with E-state index in [2.05, 4.69) is 20.2 Å². The Morgan fingerprint density at radius 2 is 1.45 bits per heavy atom. The molecule has 0 bridgehead atoms. The number of benzene rings is 2. The van der Waals surface area contributed by atoms with Crippen LogP contribution in [0.2, 0.25) is 0 Å². The lowest BCUT2D eigenvalue weighted by Gasteiger charge is -2.35. The van der Waals surface area contributed by atoms with E-state index in [0.29, 0.717) is 37.7 Å². The van der Waals surface area contributed by atoms with Gasteiger partial charge < -0.3 is 15.1 Å². The molecule has 7 heteroatoms. The molecule has 1 saturated heterocycles. The van der Waals surface area contributed by atoms with Crippen molar-refractivity contribution in [2.45, 2.75) is 12.5 Å². The first-order valence-corrected chi connectivity index (χ1v) is 10.4. The smallest absolute Gasteiger partial charge is 0.251 e. The third kappa shape index (κ3) is 5.25. The molecule has 158 valence electrons. The van der Waals surface area contributed by atoms with Crippen LogP contribution in [0.3, 0.4) is 0 Å². The van der Waals surface area contributed by atoms with E-state index >= 15 is 0 Å². The molecular formula is C24H25N5O2. The van der Waals surface area contributed by atoms with Gasteiger partial charge in [0.2, 0.25) is 11.9 Å². The van der Waals surface area contributed by atoms with Crippen LogP contribution in [0.1, 0.15) is 28.4 Å². The zero-order valence-electron chi connectivity index (χ0n) is 17.2. The van der Waals surface area contributed by atoms with Crippen LogP contribution in [0.5, 0.6) is 0 Å². The van der Waals surface area contributed by atoms with Gasteiger partial charge in [-0.1, -0.05) is 48.5 Å². The molecular weight excluding hydrogens is 390 g/mol. The molecule has 1 aliphatic heterocycles. The Morgan fingerprint density at radius 1 is 0.839 bits per heavy atom. The van der Waals surface area contributed by atoms with E-state index in [-0.39, 0.29) is 18.2 Å². The molecule has 0 spiro atoms. The van der Waals surface area contributed by atoms with E-state index in [9.17, 15) is 9.59 Å². The zero-order chi connectivity index (χ0) is 21.5. The lowest BCUT2D eigenvalue weighted by Crippen LogP contribution is -2.50. The fourth-order valence-corrected chi connectivity index (χ4v) is 3.68. The van der Waals surface area contributed by atoms with E-state index < -0.39 is 6.04 Å². The fourth-order valence-electron chi connectivity index (χ4n) is 3.68. The van der Waals surface area contributed by atoms with Gasteiger partial charge in [-0.15, -0.1) is 0 Å². The number of hydrogen-bond acceptors (Lipinski definition) is 5. The van der Waals surface area contributed by atoms with Crippen molar-refractivity contribution in [3.8, 4) is 0 Å². The Kier molecular flexibility index (Phi) is 6.52. The monoisotopic (exact) mass is 415 g/mol. The zero-order valence-corrected chi connectivity index (χ0v) is 17.2. The average Bonchev–Trinajstić information content (AvgIpc) is 2.85. The van der Waals surface area contributed by atoms with Gasteiger partial charge >= 0.3 is 0 Å². The summed E-state index contributed by atoms with van der Waals surface area (Å²) in [7, 11) is 0. The Morgan fingerprint density at radius 3 is 2.10 bits per heavy atom. The molecule has 3 aromatic rings. The second kappa shape index (κ2) is 9.84. The van der Waals surface area contributed by atoms with Gasteiger partial charge in [0.05, 0.1) is 12.5 Å². The van der Waals surface area contributed by atoms with Crippen molar-refractivity contribution < 1.29 is 9.59 Å². The number of amides is 2. The fraction of sp³-hybridized carbons (Fsp3) is 0.250. The minimum Gasteiger partial charge on any atom is -0.345 e. The number of anilines is 1. The number of aromatic nitrogens is 2. The summed E-state index contributed by atoms with van der Waals surface area (Å²) < 4.78 is 0. The van der Waals surface area contributed by atoms with Crippen molar-refractivity contribution in [2.24, 2.45) is 0 Å². The van der Waals surface area contributed by atoms with Gasteiger partial charge in [-0.05, 0) is 23.8 Å². The molecule has 0 saturated carbocycles. The Balaban J connectivity index is 1.41. The molecule has 0 unspecified atom stereocenters. The van der Waals surface area contributed by atoms with Crippen molar-refractivity contribution in [1.82, 2.24) is 20.2 Å². The predicted octanol–water partition coefficient (Wildman–Crippen LogP) is 2.69. The predicted molar refractivity (Wildman–Crippen MR) is 119 cm³/mol. The third-order valence-electron chi connectivity index (χ3n) is 5.39. The van der Waals surface area contributed by atoms with Crippen molar-refractivity contribution >= 4 is 17.8 Å². The minimum atomic E-state index is -0.392. The van der Waals surface area contributed by atoms with Gasteiger partial charge in [0.1, 0.15) is 0 Å². The lowest BCUT2D eigenvalue weighted by molar-refractivity contribution is -0.132. The van der Waals surface area contributed by atoms with Crippen molar-refractivity contribution in [3.63, 3.8) is 0 Å². The highest BCUT2D eigenvalue weighted by Crippen LogP contribution is 2.20. The van der Waals surface area contributed by atoms with Gasteiger partial charge in [-0.2, -0.15) is 0 Å². The maximum absolute atomic E-state index is 13.1. The third-order valence-corrected chi connectivity index (χ3v) is 5.39. The van der Waals surface area contributed by atoms with Crippen LogP contribution in [0.15, 0.2) is 79.1 Å². The van der Waals surface area contributed by atoms with Crippen LogP contribution in [-0.4, -0.2) is 52.9 Å². The quantitative estimate of drug-likeness (QED) is 0.670. The Labute approximate surface area is 181 Å². The summed E-state index contributed by atoms with van der Waals surface area (Å²) in [5.74, 6) is 0.524. The van der Waals surface area contributed by atoms with Crippen LogP contribution >= 0.6 is 0 Å². The molecule has 2 amide bonds. The summed E-state index contributed by atoms with van der Waals surface area (Å²) in [6.45, 7) is 2.57. The summed E-state index contributed by atoms with van der Waals surface area (Å²) in [6.07, 6.45) is 3.66. The highest BCUT2D eigenvalue weighted by Gasteiger charge is 2.26. The maximum atomic E-state index is 13.1. The number of nitrogens with zero attached hydrogens (tertiary/aromatic N) is 4. The average molecular weight is 415 g/mol. The van der Waals surface area contributed by atoms with E-state index in [1.807, 2.05) is 53.4 Å². The Bertz CT molecular complexity index is 990. The molecule has 2 aromatic carbocycles. The van der Waals surface area contributed by atoms with Gasteiger partial charge in [0.25, 0.3) is 5.91 Å². The highest BCUT2D eigenvalue weighted by molar-refractivity contribution is 5.94. The summed E-state index contributed by atoms with van der Waals surface area (Å²) in [6, 6.07) is 20.1. The first kappa shape index (κ1) is 20.5. The molecule has 4 rings (SSSR count). The minimum absolute atomic E-state index is 0.0239. The lowest BCUT2D eigenvalue weighted by atomic mass is 10.0. The molecule has 2 heterocycles. The van der Waals surface area contributed by atoms with Crippen LogP contribution in [-0.2, 0) is 4.79 Å². The SMILES string of the molecule is O=C(N[C@H](CC(=O)N1CCN(c2ncccn2)CC1)c1ccccc1)c1ccccc1. The van der Waals surface area contributed by atoms with E-state index in [0.717, 1.165) is 5.56 Å². The largest absolute Gasteiger partial charge is 0.345 e. The van der Waals surface area contributed by atoms with Crippen molar-refractivity contribution in [3.05, 3.63) is 90.3 Å². The van der Waals surface area contributed by atoms with E-state index in [1.165, 1.54) is 0 Å². The number of rotatable bonds is 6. The van der Waals surface area contributed by atoms with Crippen LogP contribution in [0.4, 0.5) is 5.95 Å². The molecule has 31 heavy (non-hydrogen) atoms. The topological polar surface area (TPSA) is 78.4 Å². The van der Waals surface area contributed by atoms with Crippen molar-refractivity contribution in [2.75, 3.05) is 31.1 Å². The van der Waals surface area contributed by atoms with E-state index in [4.69, 9.17) is 0 Å². The van der Waals surface area contributed by atoms with Crippen molar-refractivity contribution in [1.29, 1.82) is 0 Å². The number of nitrogens with one attached hydrogen (secondary N) is 1. The number of piperazine rings is 1. The van der Waals surface area contributed by atoms with Gasteiger partial charge in [-0.25, -0.2) is 9.97 Å². The summed E-state index contributed by atoms with van der Waals surface area (Å²) >= 11 is 0. The van der Waals surface area contributed by atoms with E-state index in [1.54, 1.807) is 30.6 Å². The van der Waals surface area contributed by atoms with Gasteiger partial charge in [0, 0.05) is 44.1 Å². The second-order valence-corrected chi connectivity index (χ2v) is 7.42. The number of carbonyl (C=O) groups excluding carboxylic acids is 2. The van der Waals surface area contributed by atoms with Crippen LogP contribution in [0.25, 0.3) is 0 Å². The molecule has 7 nitrogen and oxygen atoms in total. The van der Waals surface area contributed by atoms with Gasteiger partial charge in [-0.3, -0.25) is 9.59 Å². The normalized spacial score (nSPS) is 14.7. The molecule has 1 aliphatic rings. The Hall–Kier alpha value is -3.74. The molecule has 1 N–H and O–H groups in total. The molecule has 1 fully saturated rings. The molecule has 1 aromatic heterocycles. The maximum Gasteiger partial charge on any atom is 0.251 e. The van der Waals surface area contributed by atoms with Gasteiger partial charge in [0.15, 0.2) is 0 Å². The first-order valence-electron chi connectivity index (χ1n) is 10.4. The molecule has 0 aliphatic carbocycles. The number of carbonyl (C=O) groups is 2. The standard InChI is InChI=1S/C24H25N5O2/c30-22(28-14-16-29(17-15-28)24-25-12-7-13-26-24)18-21(19-8-3-1-4-9-19)27-23(31)20-10-5-2-6-11-20/h1-13,21H,14-18H2,(H,27,31)/t21-/m1/s1. The first-order chi connectivity index (χ1) is 15.2. The molecule has 1 atom stereocenters. The van der Waals surface area contributed by atoms with Crippen LogP contribution < -0.4 is 10.2 Å². The molecule has 0 radical (unpaired) electrons.